The number of likely N-dealkylation sites (tertiary alicyclic amines) is 1. The van der Waals surface area contributed by atoms with Crippen molar-refractivity contribution in [2.24, 2.45) is 0 Å². The molecule has 1 N–H and O–H groups in total. The summed E-state index contributed by atoms with van der Waals surface area (Å²) in [5.74, 6) is -1.62. The van der Waals surface area contributed by atoms with Crippen LogP contribution >= 0.6 is 11.6 Å². The molecule has 1 fully saturated rings. The minimum atomic E-state index is -5.09. The number of carboxylic acid groups (broad SMARTS) is 1. The van der Waals surface area contributed by atoms with Crippen molar-refractivity contribution >= 4 is 23.6 Å². The SMILES string of the molecule is CN(C(=O)c1cc(C(F)(F)F)cc(C(F)(F)F)c1)[C@@H]1CCN(C(=O)O)C[C@H]1c1ccc(Cl)cc1. The van der Waals surface area contributed by atoms with Gasteiger partial charge in [-0.1, -0.05) is 23.7 Å². The van der Waals surface area contributed by atoms with Gasteiger partial charge in [0.2, 0.25) is 0 Å². The van der Waals surface area contributed by atoms with E-state index in [0.717, 1.165) is 9.80 Å². The van der Waals surface area contributed by atoms with Crippen LogP contribution in [0.25, 0.3) is 0 Å². The average molecular weight is 509 g/mol. The molecular formula is C22H19ClF6N2O3. The van der Waals surface area contributed by atoms with Gasteiger partial charge in [-0.05, 0) is 42.3 Å². The first-order valence-corrected chi connectivity index (χ1v) is 10.4. The van der Waals surface area contributed by atoms with Crippen LogP contribution in [-0.2, 0) is 12.4 Å². The van der Waals surface area contributed by atoms with Crippen molar-refractivity contribution in [3.8, 4) is 0 Å². The van der Waals surface area contributed by atoms with Gasteiger partial charge >= 0.3 is 18.4 Å². The van der Waals surface area contributed by atoms with Crippen LogP contribution in [0.1, 0.15) is 39.4 Å². The number of carbonyl (C=O) groups is 2. The average Bonchev–Trinajstić information content (AvgIpc) is 2.76. The molecule has 5 nitrogen and oxygen atoms in total. The summed E-state index contributed by atoms with van der Waals surface area (Å²) in [6.07, 6.45) is -11.2. The van der Waals surface area contributed by atoms with Gasteiger partial charge in [0, 0.05) is 42.7 Å². The maximum absolute atomic E-state index is 13.2. The van der Waals surface area contributed by atoms with E-state index in [4.69, 9.17) is 11.6 Å². The van der Waals surface area contributed by atoms with E-state index in [0.29, 0.717) is 22.7 Å². The summed E-state index contributed by atoms with van der Waals surface area (Å²) >= 11 is 5.91. The Kier molecular flexibility index (Phi) is 7.07. The number of nitrogens with zero attached hydrogens (tertiary/aromatic N) is 2. The van der Waals surface area contributed by atoms with Crippen LogP contribution < -0.4 is 0 Å². The lowest BCUT2D eigenvalue weighted by Gasteiger charge is -2.42. The van der Waals surface area contributed by atoms with Crippen molar-refractivity contribution in [3.63, 3.8) is 0 Å². The Balaban J connectivity index is 1.99. The standard InChI is InChI=1S/C22H19ClF6N2O3/c1-30(19(32)13-8-14(21(24,25)26)10-15(9-13)22(27,28)29)18-6-7-31(20(33)34)11-17(18)12-2-4-16(23)5-3-12/h2-5,8-10,17-18H,6-7,11H2,1H3,(H,33,34)/t17-,18+/m0/s1. The van der Waals surface area contributed by atoms with Crippen LogP contribution in [0.5, 0.6) is 0 Å². The van der Waals surface area contributed by atoms with Gasteiger partial charge in [0.1, 0.15) is 0 Å². The molecule has 0 spiro atoms. The number of halogens is 7. The van der Waals surface area contributed by atoms with Crippen LogP contribution in [0.2, 0.25) is 5.02 Å². The van der Waals surface area contributed by atoms with E-state index in [-0.39, 0.29) is 25.6 Å². The van der Waals surface area contributed by atoms with E-state index in [9.17, 15) is 41.0 Å². The van der Waals surface area contributed by atoms with Gasteiger partial charge in [0.15, 0.2) is 0 Å². The molecule has 2 aromatic rings. The maximum atomic E-state index is 13.2. The van der Waals surface area contributed by atoms with Gasteiger partial charge < -0.3 is 14.9 Å². The summed E-state index contributed by atoms with van der Waals surface area (Å²) in [6, 6.07) is 6.45. The van der Waals surface area contributed by atoms with E-state index < -0.39 is 53.0 Å². The zero-order valence-electron chi connectivity index (χ0n) is 17.6. The number of rotatable bonds is 3. The maximum Gasteiger partial charge on any atom is 0.416 e. The largest absolute Gasteiger partial charge is 0.465 e. The summed E-state index contributed by atoms with van der Waals surface area (Å²) in [6.45, 7) is 0.0216. The lowest BCUT2D eigenvalue weighted by Crippen LogP contribution is -2.51. The minimum absolute atomic E-state index is 0.0182. The van der Waals surface area contributed by atoms with Crippen molar-refractivity contribution in [2.75, 3.05) is 20.1 Å². The molecule has 0 unspecified atom stereocenters. The molecule has 1 aliphatic heterocycles. The second-order valence-electron chi connectivity index (χ2n) is 7.95. The summed E-state index contributed by atoms with van der Waals surface area (Å²) in [5.41, 5.74) is -3.32. The lowest BCUT2D eigenvalue weighted by molar-refractivity contribution is -0.143. The molecule has 2 aromatic carbocycles. The number of carbonyl (C=O) groups excluding carboxylic acids is 1. The molecule has 3 rings (SSSR count). The minimum Gasteiger partial charge on any atom is -0.465 e. The molecule has 184 valence electrons. The zero-order chi connectivity index (χ0) is 25.4. The molecule has 1 saturated heterocycles. The Morgan fingerprint density at radius 1 is 1.00 bits per heavy atom. The molecule has 12 heteroatoms. The lowest BCUT2D eigenvalue weighted by atomic mass is 9.85. The van der Waals surface area contributed by atoms with Gasteiger partial charge in [0.05, 0.1) is 11.1 Å². The van der Waals surface area contributed by atoms with Crippen molar-refractivity contribution in [2.45, 2.75) is 30.7 Å². The topological polar surface area (TPSA) is 60.9 Å². The predicted octanol–water partition coefficient (Wildman–Crippen LogP) is 5.99. The molecule has 0 aliphatic carbocycles. The number of likely N-dealkylation sites (N-methyl/N-ethyl adjacent to an activating group) is 1. The first-order valence-electron chi connectivity index (χ1n) is 9.98. The number of amides is 2. The van der Waals surface area contributed by atoms with E-state index in [1.807, 2.05) is 0 Å². The van der Waals surface area contributed by atoms with Gasteiger partial charge in [0.25, 0.3) is 5.91 Å². The molecule has 0 aromatic heterocycles. The third kappa shape index (κ3) is 5.57. The summed E-state index contributed by atoms with van der Waals surface area (Å²) in [7, 11) is 1.28. The van der Waals surface area contributed by atoms with Crippen molar-refractivity contribution in [1.29, 1.82) is 0 Å². The van der Waals surface area contributed by atoms with Crippen molar-refractivity contribution in [1.82, 2.24) is 9.80 Å². The first kappa shape index (κ1) is 25.7. The number of piperidine rings is 1. The normalized spacial score (nSPS) is 19.1. The van der Waals surface area contributed by atoms with E-state index in [1.165, 1.54) is 7.05 Å². The van der Waals surface area contributed by atoms with Crippen LogP contribution in [0.4, 0.5) is 31.1 Å². The van der Waals surface area contributed by atoms with Crippen LogP contribution in [0.3, 0.4) is 0 Å². The van der Waals surface area contributed by atoms with Crippen LogP contribution in [0.15, 0.2) is 42.5 Å². The first-order chi connectivity index (χ1) is 15.7. The highest BCUT2D eigenvalue weighted by atomic mass is 35.5. The van der Waals surface area contributed by atoms with Gasteiger partial charge in [-0.3, -0.25) is 4.79 Å². The molecule has 0 saturated carbocycles. The molecule has 0 bridgehead atoms. The Bertz CT molecular complexity index is 1040. The Hall–Kier alpha value is -2.95. The third-order valence-electron chi connectivity index (χ3n) is 5.80. The second kappa shape index (κ2) is 9.36. The van der Waals surface area contributed by atoms with E-state index in [1.54, 1.807) is 24.3 Å². The number of alkyl halides is 6. The fraction of sp³-hybridized carbons (Fsp3) is 0.364. The monoisotopic (exact) mass is 508 g/mol. The molecule has 1 heterocycles. The Labute approximate surface area is 195 Å². The van der Waals surface area contributed by atoms with E-state index in [2.05, 4.69) is 0 Å². The zero-order valence-corrected chi connectivity index (χ0v) is 18.4. The number of benzene rings is 2. The van der Waals surface area contributed by atoms with Gasteiger partial charge in [-0.2, -0.15) is 26.3 Å². The van der Waals surface area contributed by atoms with Crippen molar-refractivity contribution < 1.29 is 41.0 Å². The fourth-order valence-electron chi connectivity index (χ4n) is 4.05. The molecular weight excluding hydrogens is 490 g/mol. The Morgan fingerprint density at radius 3 is 2.00 bits per heavy atom. The van der Waals surface area contributed by atoms with Crippen LogP contribution in [0, 0.1) is 0 Å². The van der Waals surface area contributed by atoms with Gasteiger partial charge in [-0.15, -0.1) is 0 Å². The summed E-state index contributed by atoms with van der Waals surface area (Å²) in [4.78, 5) is 26.8. The summed E-state index contributed by atoms with van der Waals surface area (Å²) < 4.78 is 79.4. The molecule has 1 aliphatic rings. The highest BCUT2D eigenvalue weighted by molar-refractivity contribution is 6.30. The third-order valence-corrected chi connectivity index (χ3v) is 6.05. The van der Waals surface area contributed by atoms with Crippen LogP contribution in [-0.4, -0.2) is 53.1 Å². The molecule has 2 amide bonds. The highest BCUT2D eigenvalue weighted by Crippen LogP contribution is 2.37. The van der Waals surface area contributed by atoms with Crippen molar-refractivity contribution in [3.05, 3.63) is 69.7 Å². The van der Waals surface area contributed by atoms with Gasteiger partial charge in [-0.25, -0.2) is 4.79 Å². The molecule has 0 radical (unpaired) electrons. The number of hydrogen-bond acceptors (Lipinski definition) is 2. The molecule has 2 atom stereocenters. The molecule has 34 heavy (non-hydrogen) atoms. The van der Waals surface area contributed by atoms with E-state index >= 15 is 0 Å². The second-order valence-corrected chi connectivity index (χ2v) is 8.39. The Morgan fingerprint density at radius 2 is 1.53 bits per heavy atom. The number of hydrogen-bond donors (Lipinski definition) is 1. The predicted molar refractivity (Wildman–Crippen MR) is 111 cm³/mol. The quantitative estimate of drug-likeness (QED) is 0.518. The fourth-order valence-corrected chi connectivity index (χ4v) is 4.17. The highest BCUT2D eigenvalue weighted by Gasteiger charge is 2.40. The smallest absolute Gasteiger partial charge is 0.416 e. The summed E-state index contributed by atoms with van der Waals surface area (Å²) in [5, 5.41) is 9.80.